The highest BCUT2D eigenvalue weighted by Crippen LogP contribution is 2.07. The molecule has 7 heteroatoms. The third-order valence-electron chi connectivity index (χ3n) is 2.57. The SMILES string of the molecule is Cn1c(=O)c2cc(C(=O)O)ncc2n(C)c1=O. The number of aryl methyl sites for hydroxylation is 1. The number of carboxylic acids is 1. The Morgan fingerprint density at radius 3 is 2.53 bits per heavy atom. The van der Waals surface area contributed by atoms with Crippen LogP contribution in [0.3, 0.4) is 0 Å². The van der Waals surface area contributed by atoms with E-state index < -0.39 is 17.2 Å². The molecule has 7 nitrogen and oxygen atoms in total. The lowest BCUT2D eigenvalue weighted by Gasteiger charge is -2.06. The summed E-state index contributed by atoms with van der Waals surface area (Å²) in [6, 6.07) is 1.17. The van der Waals surface area contributed by atoms with E-state index in [1.165, 1.54) is 30.9 Å². The summed E-state index contributed by atoms with van der Waals surface area (Å²) in [4.78, 5) is 37.8. The van der Waals surface area contributed by atoms with Crippen LogP contribution in [0.15, 0.2) is 21.9 Å². The first-order valence-electron chi connectivity index (χ1n) is 4.72. The number of hydrogen-bond acceptors (Lipinski definition) is 4. The van der Waals surface area contributed by atoms with E-state index in [4.69, 9.17) is 5.11 Å². The fourth-order valence-electron chi connectivity index (χ4n) is 1.60. The molecule has 0 unspecified atom stereocenters. The van der Waals surface area contributed by atoms with Gasteiger partial charge in [0.15, 0.2) is 0 Å². The molecule has 2 heterocycles. The molecule has 0 spiro atoms. The van der Waals surface area contributed by atoms with Gasteiger partial charge in [0.25, 0.3) is 5.56 Å². The standard InChI is InChI=1S/C10H9N3O4/c1-12-7-4-11-6(9(15)16)3-5(7)8(14)13(2)10(12)17/h3-4H,1-2H3,(H,15,16). The van der Waals surface area contributed by atoms with Gasteiger partial charge in [-0.15, -0.1) is 0 Å². The average Bonchev–Trinajstić information content (AvgIpc) is 2.32. The second-order valence-electron chi connectivity index (χ2n) is 3.60. The molecule has 0 radical (unpaired) electrons. The predicted octanol–water partition coefficient (Wildman–Crippen LogP) is -0.670. The highest BCUT2D eigenvalue weighted by molar-refractivity contribution is 5.90. The number of rotatable bonds is 1. The van der Waals surface area contributed by atoms with E-state index in [9.17, 15) is 14.4 Å². The van der Waals surface area contributed by atoms with E-state index in [2.05, 4.69) is 4.98 Å². The van der Waals surface area contributed by atoms with Crippen molar-refractivity contribution in [2.75, 3.05) is 0 Å². The van der Waals surface area contributed by atoms with Crippen molar-refractivity contribution in [3.8, 4) is 0 Å². The number of carbonyl (C=O) groups is 1. The molecular formula is C10H9N3O4. The molecule has 0 aliphatic carbocycles. The van der Waals surface area contributed by atoms with Gasteiger partial charge in [0.1, 0.15) is 5.69 Å². The zero-order chi connectivity index (χ0) is 12.7. The van der Waals surface area contributed by atoms with Crippen LogP contribution in [0.4, 0.5) is 0 Å². The number of hydrogen-bond donors (Lipinski definition) is 1. The van der Waals surface area contributed by atoms with Gasteiger partial charge in [-0.1, -0.05) is 0 Å². The van der Waals surface area contributed by atoms with E-state index in [0.717, 1.165) is 4.57 Å². The molecule has 2 aromatic rings. The van der Waals surface area contributed by atoms with Crippen LogP contribution in [0.5, 0.6) is 0 Å². The highest BCUT2D eigenvalue weighted by Gasteiger charge is 2.12. The number of aromatic nitrogens is 3. The van der Waals surface area contributed by atoms with Crippen molar-refractivity contribution in [3.63, 3.8) is 0 Å². The summed E-state index contributed by atoms with van der Waals surface area (Å²) in [6.45, 7) is 0. The van der Waals surface area contributed by atoms with Crippen LogP contribution < -0.4 is 11.2 Å². The Morgan fingerprint density at radius 2 is 1.94 bits per heavy atom. The van der Waals surface area contributed by atoms with Crippen LogP contribution in [0.2, 0.25) is 0 Å². The number of nitrogens with zero attached hydrogens (tertiary/aromatic N) is 3. The first-order chi connectivity index (χ1) is 7.93. The maximum Gasteiger partial charge on any atom is 0.354 e. The Labute approximate surface area is 94.6 Å². The fraction of sp³-hybridized carbons (Fsp3) is 0.200. The highest BCUT2D eigenvalue weighted by atomic mass is 16.4. The number of pyridine rings is 1. The molecule has 0 aliphatic heterocycles. The Morgan fingerprint density at radius 1 is 1.29 bits per heavy atom. The number of carboxylic acid groups (broad SMARTS) is 1. The lowest BCUT2D eigenvalue weighted by Crippen LogP contribution is -2.37. The largest absolute Gasteiger partial charge is 0.477 e. The average molecular weight is 235 g/mol. The molecule has 2 rings (SSSR count). The summed E-state index contributed by atoms with van der Waals surface area (Å²) < 4.78 is 2.17. The van der Waals surface area contributed by atoms with Gasteiger partial charge in [-0.2, -0.15) is 0 Å². The monoisotopic (exact) mass is 235 g/mol. The van der Waals surface area contributed by atoms with E-state index >= 15 is 0 Å². The molecule has 0 aliphatic rings. The predicted molar refractivity (Wildman–Crippen MR) is 59.2 cm³/mol. The lowest BCUT2D eigenvalue weighted by atomic mass is 10.2. The minimum atomic E-state index is -1.22. The van der Waals surface area contributed by atoms with Crippen molar-refractivity contribution < 1.29 is 9.90 Å². The van der Waals surface area contributed by atoms with E-state index in [0.29, 0.717) is 5.52 Å². The minimum absolute atomic E-state index is 0.155. The van der Waals surface area contributed by atoms with Crippen molar-refractivity contribution in [1.82, 2.24) is 14.1 Å². The Bertz CT molecular complexity index is 742. The molecule has 0 saturated heterocycles. The summed E-state index contributed by atoms with van der Waals surface area (Å²) >= 11 is 0. The van der Waals surface area contributed by atoms with E-state index in [1.54, 1.807) is 0 Å². The number of fused-ring (bicyclic) bond motifs is 1. The molecule has 0 saturated carbocycles. The normalized spacial score (nSPS) is 10.7. The third-order valence-corrected chi connectivity index (χ3v) is 2.57. The number of aromatic carboxylic acids is 1. The first-order valence-corrected chi connectivity index (χ1v) is 4.72. The summed E-state index contributed by atoms with van der Waals surface area (Å²) in [5.74, 6) is -1.22. The molecular weight excluding hydrogens is 226 g/mol. The Hall–Kier alpha value is -2.44. The van der Waals surface area contributed by atoms with Crippen LogP contribution in [0.1, 0.15) is 10.5 Å². The summed E-state index contributed by atoms with van der Waals surface area (Å²) in [5.41, 5.74) is -0.934. The smallest absolute Gasteiger partial charge is 0.354 e. The van der Waals surface area contributed by atoms with Gasteiger partial charge in [-0.05, 0) is 6.07 Å². The van der Waals surface area contributed by atoms with Crippen molar-refractivity contribution in [2.45, 2.75) is 0 Å². The molecule has 0 fully saturated rings. The van der Waals surface area contributed by atoms with Crippen LogP contribution >= 0.6 is 0 Å². The van der Waals surface area contributed by atoms with Gasteiger partial charge < -0.3 is 5.11 Å². The van der Waals surface area contributed by atoms with Crippen LogP contribution in [0, 0.1) is 0 Å². The quantitative estimate of drug-likeness (QED) is 0.707. The zero-order valence-electron chi connectivity index (χ0n) is 9.17. The molecule has 0 bridgehead atoms. The van der Waals surface area contributed by atoms with Crippen molar-refractivity contribution in [1.29, 1.82) is 0 Å². The molecule has 2 aromatic heterocycles. The molecule has 0 aromatic carbocycles. The van der Waals surface area contributed by atoms with Crippen molar-refractivity contribution >= 4 is 16.9 Å². The Balaban J connectivity index is 3.02. The third kappa shape index (κ3) is 1.52. The molecule has 0 amide bonds. The van der Waals surface area contributed by atoms with Crippen molar-refractivity contribution in [2.24, 2.45) is 14.1 Å². The van der Waals surface area contributed by atoms with Gasteiger partial charge in [0, 0.05) is 14.1 Å². The second-order valence-corrected chi connectivity index (χ2v) is 3.60. The fourth-order valence-corrected chi connectivity index (χ4v) is 1.60. The second kappa shape index (κ2) is 3.55. The van der Waals surface area contributed by atoms with Gasteiger partial charge in [0.05, 0.1) is 17.1 Å². The maximum absolute atomic E-state index is 11.8. The molecule has 17 heavy (non-hydrogen) atoms. The van der Waals surface area contributed by atoms with Crippen LogP contribution in [0.25, 0.3) is 10.9 Å². The molecule has 88 valence electrons. The Kier molecular flexibility index (Phi) is 2.31. The topological polar surface area (TPSA) is 94.2 Å². The van der Waals surface area contributed by atoms with Gasteiger partial charge in [0.2, 0.25) is 0 Å². The van der Waals surface area contributed by atoms with Gasteiger partial charge >= 0.3 is 11.7 Å². The summed E-state index contributed by atoms with van der Waals surface area (Å²) in [6.07, 6.45) is 1.21. The minimum Gasteiger partial charge on any atom is -0.477 e. The summed E-state index contributed by atoms with van der Waals surface area (Å²) in [5, 5.41) is 8.94. The molecule has 1 N–H and O–H groups in total. The van der Waals surface area contributed by atoms with Gasteiger partial charge in [-0.25, -0.2) is 14.6 Å². The summed E-state index contributed by atoms with van der Waals surface area (Å²) in [7, 11) is 2.83. The van der Waals surface area contributed by atoms with Gasteiger partial charge in [-0.3, -0.25) is 13.9 Å². The van der Waals surface area contributed by atoms with Crippen molar-refractivity contribution in [3.05, 3.63) is 38.8 Å². The lowest BCUT2D eigenvalue weighted by molar-refractivity contribution is 0.0690. The van der Waals surface area contributed by atoms with E-state index in [1.807, 2.05) is 0 Å². The van der Waals surface area contributed by atoms with Crippen LogP contribution in [-0.4, -0.2) is 25.2 Å². The first kappa shape index (κ1) is 11.1. The van der Waals surface area contributed by atoms with E-state index in [-0.39, 0.29) is 11.1 Å². The zero-order valence-corrected chi connectivity index (χ0v) is 9.17. The maximum atomic E-state index is 11.8. The van der Waals surface area contributed by atoms with Crippen LogP contribution in [-0.2, 0) is 14.1 Å². The molecule has 0 atom stereocenters.